The standard InChI is InChI=1S/C15H26N2O2/c1-9-2-5-14(16)13(6-9)15(19)17-10-3-4-11(17)8-12(18)7-10/h9-14,18H,2-8,16H2,1H3. The van der Waals surface area contributed by atoms with Crippen molar-refractivity contribution in [3.63, 3.8) is 0 Å². The second-order valence-electron chi connectivity index (χ2n) is 6.94. The third-order valence-corrected chi connectivity index (χ3v) is 5.45. The van der Waals surface area contributed by atoms with E-state index in [0.717, 1.165) is 44.9 Å². The van der Waals surface area contributed by atoms with Crippen LogP contribution in [0.5, 0.6) is 0 Å². The molecule has 3 fully saturated rings. The van der Waals surface area contributed by atoms with Crippen molar-refractivity contribution in [1.29, 1.82) is 0 Å². The molecule has 2 saturated heterocycles. The van der Waals surface area contributed by atoms with Gasteiger partial charge in [-0.15, -0.1) is 0 Å². The van der Waals surface area contributed by atoms with Crippen LogP contribution in [-0.2, 0) is 4.79 Å². The van der Waals surface area contributed by atoms with Crippen molar-refractivity contribution in [3.05, 3.63) is 0 Å². The molecule has 4 heteroatoms. The third-order valence-electron chi connectivity index (χ3n) is 5.45. The largest absolute Gasteiger partial charge is 0.393 e. The Morgan fingerprint density at radius 2 is 1.74 bits per heavy atom. The number of hydrogen-bond acceptors (Lipinski definition) is 3. The van der Waals surface area contributed by atoms with Gasteiger partial charge in [-0.1, -0.05) is 6.92 Å². The van der Waals surface area contributed by atoms with Gasteiger partial charge in [-0.2, -0.15) is 0 Å². The van der Waals surface area contributed by atoms with E-state index in [2.05, 4.69) is 11.8 Å². The summed E-state index contributed by atoms with van der Waals surface area (Å²) in [7, 11) is 0. The summed E-state index contributed by atoms with van der Waals surface area (Å²) < 4.78 is 0. The second kappa shape index (κ2) is 5.06. The van der Waals surface area contributed by atoms with Gasteiger partial charge in [0, 0.05) is 18.1 Å². The SMILES string of the molecule is CC1CCC(N)C(C(=O)N2C3CCC2CC(O)C3)C1. The molecule has 19 heavy (non-hydrogen) atoms. The number of carbonyl (C=O) groups excluding carboxylic acids is 1. The van der Waals surface area contributed by atoms with E-state index in [-0.39, 0.29) is 36.1 Å². The Balaban J connectivity index is 1.73. The van der Waals surface area contributed by atoms with Gasteiger partial charge in [0.1, 0.15) is 0 Å². The van der Waals surface area contributed by atoms with Gasteiger partial charge < -0.3 is 15.7 Å². The Hall–Kier alpha value is -0.610. The molecule has 3 rings (SSSR count). The maximum Gasteiger partial charge on any atom is 0.227 e. The lowest BCUT2D eigenvalue weighted by molar-refractivity contribution is -0.144. The molecular weight excluding hydrogens is 240 g/mol. The summed E-state index contributed by atoms with van der Waals surface area (Å²) in [6.07, 6.45) is 6.51. The van der Waals surface area contributed by atoms with Gasteiger partial charge in [-0.3, -0.25) is 4.79 Å². The molecule has 2 heterocycles. The zero-order valence-corrected chi connectivity index (χ0v) is 11.8. The fourth-order valence-electron chi connectivity index (χ4n) is 4.39. The van der Waals surface area contributed by atoms with E-state index in [9.17, 15) is 9.90 Å². The number of piperidine rings is 1. The lowest BCUT2D eigenvalue weighted by Crippen LogP contribution is -2.54. The minimum Gasteiger partial charge on any atom is -0.393 e. The van der Waals surface area contributed by atoms with Gasteiger partial charge in [0.15, 0.2) is 0 Å². The molecule has 108 valence electrons. The highest BCUT2D eigenvalue weighted by Gasteiger charge is 2.46. The quantitative estimate of drug-likeness (QED) is 0.751. The van der Waals surface area contributed by atoms with Crippen molar-refractivity contribution < 1.29 is 9.90 Å². The number of hydrogen-bond donors (Lipinski definition) is 2. The van der Waals surface area contributed by atoms with E-state index < -0.39 is 0 Å². The molecule has 4 nitrogen and oxygen atoms in total. The molecule has 0 radical (unpaired) electrons. The summed E-state index contributed by atoms with van der Waals surface area (Å²) in [5.74, 6) is 0.905. The van der Waals surface area contributed by atoms with Crippen molar-refractivity contribution in [3.8, 4) is 0 Å². The summed E-state index contributed by atoms with van der Waals surface area (Å²) in [6, 6.07) is 0.575. The van der Waals surface area contributed by atoms with E-state index in [4.69, 9.17) is 5.73 Å². The molecular formula is C15H26N2O2. The fourth-order valence-corrected chi connectivity index (χ4v) is 4.39. The van der Waals surface area contributed by atoms with E-state index in [1.165, 1.54) is 0 Å². The predicted molar refractivity (Wildman–Crippen MR) is 73.4 cm³/mol. The number of fused-ring (bicyclic) bond motifs is 2. The topological polar surface area (TPSA) is 66.6 Å². The summed E-state index contributed by atoms with van der Waals surface area (Å²) in [6.45, 7) is 2.22. The maximum absolute atomic E-state index is 12.8. The van der Waals surface area contributed by atoms with E-state index in [0.29, 0.717) is 5.92 Å². The Kier molecular flexibility index (Phi) is 3.56. The van der Waals surface area contributed by atoms with Gasteiger partial charge >= 0.3 is 0 Å². The van der Waals surface area contributed by atoms with Crippen LogP contribution < -0.4 is 5.73 Å². The van der Waals surface area contributed by atoms with Crippen LogP contribution in [0.25, 0.3) is 0 Å². The zero-order chi connectivity index (χ0) is 13.6. The molecule has 3 aliphatic rings. The first-order valence-corrected chi connectivity index (χ1v) is 7.82. The van der Waals surface area contributed by atoms with Crippen LogP contribution in [-0.4, -0.2) is 40.1 Å². The first-order valence-electron chi connectivity index (χ1n) is 7.82. The third kappa shape index (κ3) is 2.40. The lowest BCUT2D eigenvalue weighted by Gasteiger charge is -2.42. The lowest BCUT2D eigenvalue weighted by atomic mass is 9.78. The normalized spacial score (nSPS) is 46.4. The van der Waals surface area contributed by atoms with E-state index in [1.807, 2.05) is 0 Å². The number of aliphatic hydroxyl groups is 1. The second-order valence-corrected chi connectivity index (χ2v) is 6.94. The maximum atomic E-state index is 12.8. The molecule has 0 spiro atoms. The van der Waals surface area contributed by atoms with Crippen LogP contribution in [0.15, 0.2) is 0 Å². The van der Waals surface area contributed by atoms with Crippen molar-refractivity contribution in [2.24, 2.45) is 17.6 Å². The average Bonchev–Trinajstić information content (AvgIpc) is 2.64. The number of amides is 1. The highest BCUT2D eigenvalue weighted by Crippen LogP contribution is 2.39. The summed E-state index contributed by atoms with van der Waals surface area (Å²) in [4.78, 5) is 14.9. The molecule has 5 atom stereocenters. The molecule has 0 aromatic rings. The van der Waals surface area contributed by atoms with Crippen LogP contribution in [0, 0.1) is 11.8 Å². The van der Waals surface area contributed by atoms with Crippen LogP contribution >= 0.6 is 0 Å². The molecule has 0 aromatic heterocycles. The minimum absolute atomic E-state index is 0.0158. The first kappa shape index (κ1) is 13.4. The molecule has 3 N–H and O–H groups in total. The Morgan fingerprint density at radius 3 is 2.37 bits per heavy atom. The Labute approximate surface area is 115 Å². The van der Waals surface area contributed by atoms with Gasteiger partial charge in [0.25, 0.3) is 0 Å². The highest BCUT2D eigenvalue weighted by atomic mass is 16.3. The molecule has 0 aromatic carbocycles. The fraction of sp³-hybridized carbons (Fsp3) is 0.933. The number of rotatable bonds is 1. The highest BCUT2D eigenvalue weighted by molar-refractivity contribution is 5.81. The summed E-state index contributed by atoms with van der Waals surface area (Å²) >= 11 is 0. The van der Waals surface area contributed by atoms with Gasteiger partial charge in [-0.05, 0) is 50.9 Å². The van der Waals surface area contributed by atoms with Gasteiger partial charge in [-0.25, -0.2) is 0 Å². The van der Waals surface area contributed by atoms with Crippen LogP contribution in [0.2, 0.25) is 0 Å². The molecule has 2 bridgehead atoms. The number of aliphatic hydroxyl groups excluding tert-OH is 1. The van der Waals surface area contributed by atoms with Crippen molar-refractivity contribution in [2.75, 3.05) is 0 Å². The van der Waals surface area contributed by atoms with E-state index in [1.54, 1.807) is 0 Å². The number of carbonyl (C=O) groups is 1. The van der Waals surface area contributed by atoms with Gasteiger partial charge in [0.05, 0.1) is 12.0 Å². The van der Waals surface area contributed by atoms with Crippen LogP contribution in [0.1, 0.15) is 51.9 Å². The molecule has 2 aliphatic heterocycles. The molecule has 1 aliphatic carbocycles. The predicted octanol–water partition coefficient (Wildman–Crippen LogP) is 1.26. The van der Waals surface area contributed by atoms with Crippen LogP contribution in [0.3, 0.4) is 0 Å². The summed E-state index contributed by atoms with van der Waals surface area (Å²) in [5, 5.41) is 9.83. The first-order chi connectivity index (χ1) is 9.06. The average molecular weight is 266 g/mol. The van der Waals surface area contributed by atoms with Crippen molar-refractivity contribution in [1.82, 2.24) is 4.90 Å². The smallest absolute Gasteiger partial charge is 0.227 e. The summed E-state index contributed by atoms with van der Waals surface area (Å²) in [5.41, 5.74) is 6.19. The van der Waals surface area contributed by atoms with Gasteiger partial charge in [0.2, 0.25) is 5.91 Å². The monoisotopic (exact) mass is 266 g/mol. The zero-order valence-electron chi connectivity index (χ0n) is 11.8. The molecule has 5 unspecified atom stereocenters. The number of nitrogens with zero attached hydrogens (tertiary/aromatic N) is 1. The van der Waals surface area contributed by atoms with Crippen molar-refractivity contribution >= 4 is 5.91 Å². The number of nitrogens with two attached hydrogens (primary N) is 1. The van der Waals surface area contributed by atoms with E-state index >= 15 is 0 Å². The minimum atomic E-state index is -0.208. The molecule has 1 saturated carbocycles. The Bertz CT molecular complexity index is 346. The molecule has 1 amide bonds. The van der Waals surface area contributed by atoms with Crippen molar-refractivity contribution in [2.45, 2.75) is 76.1 Å². The van der Waals surface area contributed by atoms with Crippen LogP contribution in [0.4, 0.5) is 0 Å². The Morgan fingerprint density at radius 1 is 1.11 bits per heavy atom.